The molecule has 6 heteroatoms. The third-order valence-electron chi connectivity index (χ3n) is 4.09. The van der Waals surface area contributed by atoms with Gasteiger partial charge >= 0.3 is 0 Å². The molecule has 4 nitrogen and oxygen atoms in total. The largest absolute Gasteiger partial charge is 0.457 e. The summed E-state index contributed by atoms with van der Waals surface area (Å²) in [6.45, 7) is 0.269. The van der Waals surface area contributed by atoms with Crippen LogP contribution in [0.4, 0.5) is 4.79 Å². The Bertz CT molecular complexity index is 1030. The molecule has 0 N–H and O–H groups in total. The summed E-state index contributed by atoms with van der Waals surface area (Å²) in [4.78, 5) is 26.5. The summed E-state index contributed by atoms with van der Waals surface area (Å²) in [5, 5.41) is -0.269. The Morgan fingerprint density at radius 3 is 2.44 bits per heavy atom. The van der Waals surface area contributed by atoms with Gasteiger partial charge in [0.1, 0.15) is 11.5 Å². The minimum absolute atomic E-state index is 0.269. The highest BCUT2D eigenvalue weighted by molar-refractivity contribution is 9.10. The summed E-state index contributed by atoms with van der Waals surface area (Å²) in [6, 6.07) is 20.9. The van der Waals surface area contributed by atoms with Gasteiger partial charge in [-0.25, -0.2) is 0 Å². The van der Waals surface area contributed by atoms with E-state index in [1.807, 2.05) is 60.7 Å². The molecular formula is C21H14BrNO3S. The Labute approximate surface area is 169 Å². The average Bonchev–Trinajstić information content (AvgIpc) is 3.24. The second kappa shape index (κ2) is 7.58. The van der Waals surface area contributed by atoms with Crippen LogP contribution in [-0.4, -0.2) is 16.0 Å². The van der Waals surface area contributed by atoms with E-state index in [0.717, 1.165) is 27.4 Å². The first-order valence-electron chi connectivity index (χ1n) is 8.25. The summed E-state index contributed by atoms with van der Waals surface area (Å²) in [5.41, 5.74) is 1.85. The van der Waals surface area contributed by atoms with Crippen molar-refractivity contribution in [3.8, 4) is 11.3 Å². The molecule has 1 aromatic heterocycles. The molecule has 27 heavy (non-hydrogen) atoms. The van der Waals surface area contributed by atoms with E-state index in [1.165, 1.54) is 4.90 Å². The molecule has 2 amide bonds. The van der Waals surface area contributed by atoms with Gasteiger partial charge in [-0.05, 0) is 41.6 Å². The Balaban J connectivity index is 1.53. The Kier molecular flexibility index (Phi) is 5.01. The monoisotopic (exact) mass is 439 g/mol. The SMILES string of the molecule is O=C1SC(=Cc2ccc(-c3ccc(Br)cc3)o2)C(=O)N1Cc1ccccc1. The van der Waals surface area contributed by atoms with Crippen molar-refractivity contribution in [2.24, 2.45) is 0 Å². The van der Waals surface area contributed by atoms with Gasteiger partial charge in [0.2, 0.25) is 0 Å². The van der Waals surface area contributed by atoms with Crippen molar-refractivity contribution in [2.45, 2.75) is 6.54 Å². The van der Waals surface area contributed by atoms with E-state index in [-0.39, 0.29) is 17.7 Å². The summed E-state index contributed by atoms with van der Waals surface area (Å²) in [6.07, 6.45) is 1.62. The molecule has 1 fully saturated rings. The van der Waals surface area contributed by atoms with Crippen molar-refractivity contribution >= 4 is 44.9 Å². The number of hydrogen-bond donors (Lipinski definition) is 0. The summed E-state index contributed by atoms with van der Waals surface area (Å²) < 4.78 is 6.81. The number of nitrogens with zero attached hydrogens (tertiary/aromatic N) is 1. The summed E-state index contributed by atoms with van der Waals surface area (Å²) in [7, 11) is 0. The number of halogens is 1. The first-order valence-corrected chi connectivity index (χ1v) is 9.86. The number of hydrogen-bond acceptors (Lipinski definition) is 4. The molecule has 0 bridgehead atoms. The fourth-order valence-electron chi connectivity index (χ4n) is 2.73. The van der Waals surface area contributed by atoms with Gasteiger partial charge in [-0.1, -0.05) is 58.4 Å². The van der Waals surface area contributed by atoms with E-state index in [2.05, 4.69) is 15.9 Å². The normalized spacial score (nSPS) is 15.7. The van der Waals surface area contributed by atoms with E-state index in [9.17, 15) is 9.59 Å². The number of amides is 2. The molecule has 2 heterocycles. The molecule has 0 atom stereocenters. The minimum atomic E-state index is -0.296. The zero-order valence-electron chi connectivity index (χ0n) is 14.1. The molecule has 1 saturated heterocycles. The van der Waals surface area contributed by atoms with Gasteiger partial charge in [0.15, 0.2) is 0 Å². The zero-order valence-corrected chi connectivity index (χ0v) is 16.5. The Morgan fingerprint density at radius 1 is 0.963 bits per heavy atom. The second-order valence-corrected chi connectivity index (χ2v) is 7.87. The quantitative estimate of drug-likeness (QED) is 0.471. The molecule has 0 aliphatic carbocycles. The molecule has 134 valence electrons. The average molecular weight is 440 g/mol. The van der Waals surface area contributed by atoms with Crippen LogP contribution in [0.15, 0.2) is 80.5 Å². The first-order chi connectivity index (χ1) is 13.1. The van der Waals surface area contributed by atoms with E-state index >= 15 is 0 Å². The van der Waals surface area contributed by atoms with Gasteiger partial charge in [-0.2, -0.15) is 0 Å². The van der Waals surface area contributed by atoms with E-state index in [0.29, 0.717) is 16.4 Å². The molecule has 0 unspecified atom stereocenters. The Morgan fingerprint density at radius 2 is 1.70 bits per heavy atom. The molecule has 2 aromatic carbocycles. The standard InChI is InChI=1S/C21H14BrNO3S/c22-16-8-6-15(7-9-16)18-11-10-17(26-18)12-19-20(24)23(21(25)27-19)13-14-4-2-1-3-5-14/h1-12H,13H2. The summed E-state index contributed by atoms with van der Waals surface area (Å²) >= 11 is 4.34. The van der Waals surface area contributed by atoms with Crippen LogP contribution in [0.5, 0.6) is 0 Å². The van der Waals surface area contributed by atoms with Crippen LogP contribution in [0.25, 0.3) is 17.4 Å². The van der Waals surface area contributed by atoms with Crippen molar-refractivity contribution in [3.63, 3.8) is 0 Å². The van der Waals surface area contributed by atoms with Crippen molar-refractivity contribution < 1.29 is 14.0 Å². The van der Waals surface area contributed by atoms with E-state index < -0.39 is 0 Å². The van der Waals surface area contributed by atoms with Gasteiger partial charge < -0.3 is 4.42 Å². The highest BCUT2D eigenvalue weighted by atomic mass is 79.9. The highest BCUT2D eigenvalue weighted by Crippen LogP contribution is 2.34. The molecule has 3 aromatic rings. The Hall–Kier alpha value is -2.57. The zero-order chi connectivity index (χ0) is 18.8. The second-order valence-electron chi connectivity index (χ2n) is 5.96. The van der Waals surface area contributed by atoms with Crippen LogP contribution in [0.2, 0.25) is 0 Å². The lowest BCUT2D eigenvalue weighted by Gasteiger charge is -2.11. The van der Waals surface area contributed by atoms with Gasteiger partial charge in [0, 0.05) is 16.1 Å². The van der Waals surface area contributed by atoms with Crippen molar-refractivity contribution in [3.05, 3.63) is 87.4 Å². The topological polar surface area (TPSA) is 50.5 Å². The lowest BCUT2D eigenvalue weighted by Crippen LogP contribution is -2.27. The maximum Gasteiger partial charge on any atom is 0.293 e. The molecular weight excluding hydrogens is 426 g/mol. The molecule has 0 saturated carbocycles. The maximum absolute atomic E-state index is 12.6. The van der Waals surface area contributed by atoms with Crippen molar-refractivity contribution in [2.75, 3.05) is 0 Å². The fourth-order valence-corrected chi connectivity index (χ4v) is 3.81. The van der Waals surface area contributed by atoms with Gasteiger partial charge in [-0.3, -0.25) is 14.5 Å². The van der Waals surface area contributed by atoms with E-state index in [1.54, 1.807) is 12.1 Å². The molecule has 1 aliphatic heterocycles. The number of thioether (sulfide) groups is 1. The number of carbonyl (C=O) groups excluding carboxylic acids is 2. The fraction of sp³-hybridized carbons (Fsp3) is 0.0476. The molecule has 1 aliphatic rings. The van der Waals surface area contributed by atoms with Gasteiger partial charge in [0.25, 0.3) is 11.1 Å². The van der Waals surface area contributed by atoms with Gasteiger partial charge in [0.05, 0.1) is 11.4 Å². The van der Waals surface area contributed by atoms with Crippen LogP contribution >= 0.6 is 27.7 Å². The lowest BCUT2D eigenvalue weighted by atomic mass is 10.2. The summed E-state index contributed by atoms with van der Waals surface area (Å²) in [5.74, 6) is 0.950. The minimum Gasteiger partial charge on any atom is -0.457 e. The predicted octanol–water partition coefficient (Wildman–Crippen LogP) is 5.95. The van der Waals surface area contributed by atoms with Crippen LogP contribution in [0, 0.1) is 0 Å². The van der Waals surface area contributed by atoms with E-state index in [4.69, 9.17) is 4.42 Å². The number of benzene rings is 2. The van der Waals surface area contributed by atoms with Crippen LogP contribution in [0.3, 0.4) is 0 Å². The number of carbonyl (C=O) groups is 2. The molecule has 0 radical (unpaired) electrons. The number of imide groups is 1. The molecule has 0 spiro atoms. The third kappa shape index (κ3) is 3.91. The maximum atomic E-state index is 12.6. The molecule has 4 rings (SSSR count). The van der Waals surface area contributed by atoms with Crippen molar-refractivity contribution in [1.82, 2.24) is 4.90 Å². The smallest absolute Gasteiger partial charge is 0.293 e. The lowest BCUT2D eigenvalue weighted by molar-refractivity contribution is -0.123. The van der Waals surface area contributed by atoms with Crippen molar-refractivity contribution in [1.29, 1.82) is 0 Å². The predicted molar refractivity (Wildman–Crippen MR) is 110 cm³/mol. The first kappa shape index (κ1) is 17.8. The van der Waals surface area contributed by atoms with Crippen LogP contribution < -0.4 is 0 Å². The van der Waals surface area contributed by atoms with Gasteiger partial charge in [-0.15, -0.1) is 0 Å². The number of rotatable bonds is 4. The number of furan rings is 1. The third-order valence-corrected chi connectivity index (χ3v) is 5.52. The van der Waals surface area contributed by atoms with Crippen LogP contribution in [-0.2, 0) is 11.3 Å². The van der Waals surface area contributed by atoms with Crippen LogP contribution in [0.1, 0.15) is 11.3 Å². The highest BCUT2D eigenvalue weighted by Gasteiger charge is 2.35.